The average molecular weight is 239 g/mol. The Bertz CT molecular complexity index is 561. The highest BCUT2D eigenvalue weighted by molar-refractivity contribution is 7.89. The molecule has 84 valence electrons. The lowest BCUT2D eigenvalue weighted by Gasteiger charge is -2.02. The van der Waals surface area contributed by atoms with Gasteiger partial charge in [0, 0.05) is 5.69 Å². The molecule has 1 heterocycles. The lowest BCUT2D eigenvalue weighted by atomic mass is 10.3. The molecule has 0 atom stereocenters. The van der Waals surface area contributed by atoms with Gasteiger partial charge in [-0.05, 0) is 24.3 Å². The lowest BCUT2D eigenvalue weighted by Crippen LogP contribution is -2.11. The summed E-state index contributed by atoms with van der Waals surface area (Å²) in [6.07, 6.45) is 2.93. The van der Waals surface area contributed by atoms with Crippen LogP contribution in [-0.2, 0) is 10.0 Å². The summed E-state index contributed by atoms with van der Waals surface area (Å²) < 4.78 is 26.9. The zero-order chi connectivity index (χ0) is 11.6. The molecule has 0 aliphatic rings. The van der Waals surface area contributed by atoms with E-state index in [9.17, 15) is 8.42 Å². The van der Waals surface area contributed by atoms with Crippen molar-refractivity contribution in [3.05, 3.63) is 36.7 Å². The zero-order valence-electron chi connectivity index (χ0n) is 8.12. The second-order valence-electron chi connectivity index (χ2n) is 3.03. The predicted octanol–water partition coefficient (Wildman–Crippen LogP) is 1.07. The molecule has 0 amide bonds. The Balaban J connectivity index is 2.20. The summed E-state index contributed by atoms with van der Waals surface area (Å²) in [4.78, 5) is 3.92. The quantitative estimate of drug-likeness (QED) is 0.834. The summed E-state index contributed by atoms with van der Waals surface area (Å²) in [5.74, 6) is 0. The van der Waals surface area contributed by atoms with Crippen molar-refractivity contribution in [2.75, 3.05) is 5.32 Å². The van der Waals surface area contributed by atoms with Crippen molar-refractivity contribution in [1.82, 2.24) is 4.98 Å². The van der Waals surface area contributed by atoms with E-state index in [1.54, 1.807) is 12.1 Å². The first-order valence-corrected chi connectivity index (χ1v) is 5.90. The fourth-order valence-corrected chi connectivity index (χ4v) is 1.65. The Kier molecular flexibility index (Phi) is 2.63. The summed E-state index contributed by atoms with van der Waals surface area (Å²) in [7, 11) is -3.65. The number of nitrogens with one attached hydrogen (secondary N) is 1. The zero-order valence-corrected chi connectivity index (χ0v) is 8.94. The highest BCUT2D eigenvalue weighted by Crippen LogP contribution is 2.16. The fraction of sp³-hybridized carbons (Fsp3) is 0. The molecule has 0 saturated carbocycles. The number of nitrogens with zero attached hydrogens (tertiary/aromatic N) is 1. The molecule has 0 fully saturated rings. The lowest BCUT2D eigenvalue weighted by molar-refractivity contribution is 0.578. The molecular weight excluding hydrogens is 230 g/mol. The number of rotatable bonds is 3. The van der Waals surface area contributed by atoms with Gasteiger partial charge in [-0.2, -0.15) is 0 Å². The molecule has 6 nitrogen and oxygen atoms in total. The maximum absolute atomic E-state index is 11.0. The summed E-state index contributed by atoms with van der Waals surface area (Å²) >= 11 is 0. The number of oxazole rings is 1. The van der Waals surface area contributed by atoms with Crippen LogP contribution in [0, 0.1) is 0 Å². The van der Waals surface area contributed by atoms with Gasteiger partial charge >= 0.3 is 0 Å². The van der Waals surface area contributed by atoms with E-state index < -0.39 is 10.0 Å². The molecular formula is C9H9N3O3S. The topological polar surface area (TPSA) is 98.2 Å². The van der Waals surface area contributed by atoms with Gasteiger partial charge in [0.2, 0.25) is 10.0 Å². The van der Waals surface area contributed by atoms with Crippen LogP contribution in [0.1, 0.15) is 0 Å². The van der Waals surface area contributed by atoms with Crippen molar-refractivity contribution >= 4 is 21.7 Å². The minimum absolute atomic E-state index is 0.0606. The molecule has 1 aromatic heterocycles. The molecule has 3 N–H and O–H groups in total. The van der Waals surface area contributed by atoms with Crippen molar-refractivity contribution in [3.8, 4) is 0 Å². The maximum atomic E-state index is 11.0. The van der Waals surface area contributed by atoms with Crippen LogP contribution in [0.2, 0.25) is 0 Å². The predicted molar refractivity (Wildman–Crippen MR) is 57.6 cm³/mol. The van der Waals surface area contributed by atoms with E-state index in [-0.39, 0.29) is 4.90 Å². The van der Waals surface area contributed by atoms with E-state index in [1.807, 2.05) is 0 Å². The van der Waals surface area contributed by atoms with E-state index in [2.05, 4.69) is 10.3 Å². The van der Waals surface area contributed by atoms with E-state index in [1.165, 1.54) is 24.6 Å². The van der Waals surface area contributed by atoms with Gasteiger partial charge in [0.25, 0.3) is 6.01 Å². The SMILES string of the molecule is NS(=O)(=O)c1ccc(Nc2ncco2)cc1. The van der Waals surface area contributed by atoms with Gasteiger partial charge < -0.3 is 9.73 Å². The minimum Gasteiger partial charge on any atom is -0.432 e. The van der Waals surface area contributed by atoms with Gasteiger partial charge in [0.15, 0.2) is 0 Å². The largest absolute Gasteiger partial charge is 0.432 e. The van der Waals surface area contributed by atoms with Crippen LogP contribution in [-0.4, -0.2) is 13.4 Å². The number of aromatic nitrogens is 1. The number of nitrogens with two attached hydrogens (primary N) is 1. The average Bonchev–Trinajstić information content (AvgIpc) is 2.70. The van der Waals surface area contributed by atoms with E-state index in [4.69, 9.17) is 9.56 Å². The first kappa shape index (κ1) is 10.7. The Morgan fingerprint density at radius 1 is 1.25 bits per heavy atom. The van der Waals surface area contributed by atoms with Crippen LogP contribution < -0.4 is 10.5 Å². The van der Waals surface area contributed by atoms with Crippen LogP contribution in [0.25, 0.3) is 0 Å². The molecule has 0 spiro atoms. The summed E-state index contributed by atoms with van der Waals surface area (Å²) in [6, 6.07) is 6.29. The van der Waals surface area contributed by atoms with Crippen molar-refractivity contribution in [2.45, 2.75) is 4.90 Å². The minimum atomic E-state index is -3.65. The normalized spacial score (nSPS) is 11.3. The number of primary sulfonamides is 1. The van der Waals surface area contributed by atoms with Gasteiger partial charge in [-0.15, -0.1) is 0 Å². The molecule has 2 rings (SSSR count). The van der Waals surface area contributed by atoms with Crippen LogP contribution in [0.4, 0.5) is 11.7 Å². The highest BCUT2D eigenvalue weighted by Gasteiger charge is 2.07. The third-order valence-electron chi connectivity index (χ3n) is 1.87. The fourth-order valence-electron chi connectivity index (χ4n) is 1.14. The molecule has 2 aromatic rings. The number of sulfonamides is 1. The van der Waals surface area contributed by atoms with E-state index in [0.717, 1.165) is 0 Å². The molecule has 7 heteroatoms. The standard InChI is InChI=1S/C9H9N3O3S/c10-16(13,14)8-3-1-7(2-4-8)12-9-11-5-6-15-9/h1-6H,(H,11,12)(H2,10,13,14). The summed E-state index contributed by atoms with van der Waals surface area (Å²) in [5.41, 5.74) is 0.662. The van der Waals surface area contributed by atoms with Crippen molar-refractivity contribution in [3.63, 3.8) is 0 Å². The third kappa shape index (κ3) is 2.38. The summed E-state index contributed by atoms with van der Waals surface area (Å²) in [5, 5.41) is 7.81. The first-order chi connectivity index (χ1) is 7.55. The van der Waals surface area contributed by atoms with Crippen molar-refractivity contribution in [1.29, 1.82) is 0 Å². The van der Waals surface area contributed by atoms with Crippen molar-refractivity contribution in [2.24, 2.45) is 5.14 Å². The van der Waals surface area contributed by atoms with Crippen LogP contribution in [0.3, 0.4) is 0 Å². The highest BCUT2D eigenvalue weighted by atomic mass is 32.2. The van der Waals surface area contributed by atoms with Crippen molar-refractivity contribution < 1.29 is 12.8 Å². The second-order valence-corrected chi connectivity index (χ2v) is 4.59. The number of benzene rings is 1. The molecule has 0 unspecified atom stereocenters. The number of hydrogen-bond acceptors (Lipinski definition) is 5. The Labute approximate surface area is 92.2 Å². The molecule has 0 aliphatic heterocycles. The molecule has 16 heavy (non-hydrogen) atoms. The smallest absolute Gasteiger partial charge is 0.299 e. The second kappa shape index (κ2) is 3.95. The van der Waals surface area contributed by atoms with Crippen LogP contribution >= 0.6 is 0 Å². The Hall–Kier alpha value is -1.86. The summed E-state index contributed by atoms with van der Waals surface area (Å²) in [6.45, 7) is 0. The molecule has 1 aromatic carbocycles. The molecule has 0 bridgehead atoms. The van der Waals surface area contributed by atoms with E-state index in [0.29, 0.717) is 11.7 Å². The van der Waals surface area contributed by atoms with Gasteiger partial charge in [0.05, 0.1) is 11.1 Å². The van der Waals surface area contributed by atoms with Gasteiger partial charge in [0.1, 0.15) is 6.26 Å². The Morgan fingerprint density at radius 3 is 2.44 bits per heavy atom. The van der Waals surface area contributed by atoms with Gasteiger partial charge in [-0.1, -0.05) is 0 Å². The van der Waals surface area contributed by atoms with Gasteiger partial charge in [-0.25, -0.2) is 18.5 Å². The maximum Gasteiger partial charge on any atom is 0.299 e. The molecule has 0 radical (unpaired) electrons. The number of hydrogen-bond donors (Lipinski definition) is 2. The third-order valence-corrected chi connectivity index (χ3v) is 2.80. The van der Waals surface area contributed by atoms with Crippen LogP contribution in [0.15, 0.2) is 46.0 Å². The van der Waals surface area contributed by atoms with Crippen LogP contribution in [0.5, 0.6) is 0 Å². The number of anilines is 2. The first-order valence-electron chi connectivity index (χ1n) is 4.35. The van der Waals surface area contributed by atoms with E-state index >= 15 is 0 Å². The Morgan fingerprint density at radius 2 is 1.94 bits per heavy atom. The van der Waals surface area contributed by atoms with Gasteiger partial charge in [-0.3, -0.25) is 0 Å². The molecule has 0 saturated heterocycles. The molecule has 0 aliphatic carbocycles. The monoisotopic (exact) mass is 239 g/mol.